The van der Waals surface area contributed by atoms with Crippen LogP contribution in [0.25, 0.3) is 16.6 Å². The van der Waals surface area contributed by atoms with Crippen molar-refractivity contribution in [3.63, 3.8) is 0 Å². The highest BCUT2D eigenvalue weighted by molar-refractivity contribution is 7.99. The fourth-order valence-electron chi connectivity index (χ4n) is 2.54. The number of Topliss-reactive ketones (excluding diaryl/α,β-unsaturated/α-hetero) is 1. The smallest absolute Gasteiger partial charge is 0.191 e. The van der Waals surface area contributed by atoms with E-state index in [1.165, 1.54) is 0 Å². The van der Waals surface area contributed by atoms with Crippen LogP contribution in [0.2, 0.25) is 5.02 Å². The number of rotatable bonds is 2. The van der Waals surface area contributed by atoms with Crippen LogP contribution < -0.4 is 0 Å². The van der Waals surface area contributed by atoms with Gasteiger partial charge in [-0.1, -0.05) is 35.9 Å². The Morgan fingerprint density at radius 1 is 1.08 bits per heavy atom. The lowest BCUT2D eigenvalue weighted by atomic mass is 10.0. The van der Waals surface area contributed by atoms with Gasteiger partial charge in [-0.3, -0.25) is 4.79 Å². The lowest BCUT2D eigenvalue weighted by molar-refractivity contribution is 0.103. The molecule has 118 valence electrons. The number of thiazole rings is 1. The Morgan fingerprint density at radius 2 is 1.88 bits per heavy atom. The molecule has 0 saturated carbocycles. The number of nitrogens with zero attached hydrogens (tertiary/aromatic N) is 1. The van der Waals surface area contributed by atoms with E-state index in [-0.39, 0.29) is 5.78 Å². The third kappa shape index (κ3) is 3.05. The quantitative estimate of drug-likeness (QED) is 0.532. The van der Waals surface area contributed by atoms with Crippen molar-refractivity contribution in [2.24, 2.45) is 0 Å². The number of hydrogen-bond acceptors (Lipinski definition) is 4. The van der Waals surface area contributed by atoms with Gasteiger partial charge in [-0.2, -0.15) is 0 Å². The fourth-order valence-corrected chi connectivity index (χ4v) is 4.46. The third-order valence-corrected chi connectivity index (χ3v) is 6.03. The molecule has 2 nitrogen and oxygen atoms in total. The highest BCUT2D eigenvalue weighted by Crippen LogP contribution is 2.33. The molecule has 1 aliphatic rings. The first kappa shape index (κ1) is 15.6. The molecule has 0 N–H and O–H groups in total. The van der Waals surface area contributed by atoms with Crippen molar-refractivity contribution >= 4 is 46.6 Å². The van der Waals surface area contributed by atoms with Crippen molar-refractivity contribution in [3.8, 4) is 10.6 Å². The van der Waals surface area contributed by atoms with Crippen LogP contribution in [0.1, 0.15) is 16.1 Å². The zero-order chi connectivity index (χ0) is 16.5. The van der Waals surface area contributed by atoms with Crippen molar-refractivity contribution in [1.82, 2.24) is 4.98 Å². The van der Waals surface area contributed by atoms with Gasteiger partial charge in [0.05, 0.1) is 5.69 Å². The first-order valence-electron chi connectivity index (χ1n) is 7.39. The highest BCUT2D eigenvalue weighted by atomic mass is 35.5. The number of fused-ring (bicyclic) bond motifs is 1. The summed E-state index contributed by atoms with van der Waals surface area (Å²) in [5.74, 6) is 0.786. The first-order valence-corrected chi connectivity index (χ1v) is 9.63. The molecule has 4 rings (SSSR count). The van der Waals surface area contributed by atoms with Gasteiger partial charge in [0.1, 0.15) is 5.01 Å². The second-order valence-corrected chi connectivity index (χ2v) is 7.68. The summed E-state index contributed by atoms with van der Waals surface area (Å²) in [7, 11) is 0. The number of carbonyl (C=O) groups excluding carboxylic acids is 1. The first-order chi connectivity index (χ1) is 11.7. The van der Waals surface area contributed by atoms with Crippen molar-refractivity contribution in [1.29, 1.82) is 0 Å². The van der Waals surface area contributed by atoms with E-state index >= 15 is 0 Å². The number of benzene rings is 2. The van der Waals surface area contributed by atoms with E-state index in [2.05, 4.69) is 4.98 Å². The molecule has 1 aliphatic heterocycles. The predicted octanol–water partition coefficient (Wildman–Crippen LogP) is 5.84. The van der Waals surface area contributed by atoms with Crippen LogP contribution in [0.3, 0.4) is 0 Å². The number of hydrogen-bond donors (Lipinski definition) is 0. The average molecular weight is 370 g/mol. The van der Waals surface area contributed by atoms with Crippen molar-refractivity contribution in [2.45, 2.75) is 4.90 Å². The number of ketones is 1. The van der Waals surface area contributed by atoms with Gasteiger partial charge in [0.2, 0.25) is 0 Å². The summed E-state index contributed by atoms with van der Waals surface area (Å²) in [5.41, 5.74) is 3.44. The lowest BCUT2D eigenvalue weighted by Crippen LogP contribution is -2.12. The van der Waals surface area contributed by atoms with Crippen molar-refractivity contribution in [3.05, 3.63) is 75.8 Å². The maximum Gasteiger partial charge on any atom is 0.191 e. The van der Waals surface area contributed by atoms with Crippen molar-refractivity contribution < 1.29 is 4.79 Å². The van der Waals surface area contributed by atoms with Crippen LogP contribution in [-0.2, 0) is 0 Å². The van der Waals surface area contributed by atoms with Gasteiger partial charge in [-0.05, 0) is 30.3 Å². The molecule has 0 saturated heterocycles. The molecule has 0 unspecified atom stereocenters. The minimum Gasteiger partial charge on any atom is -0.289 e. The Labute approximate surface area is 153 Å². The van der Waals surface area contributed by atoms with E-state index in [0.29, 0.717) is 10.8 Å². The highest BCUT2D eigenvalue weighted by Gasteiger charge is 2.22. The van der Waals surface area contributed by atoms with E-state index in [1.807, 2.05) is 60.0 Å². The van der Waals surface area contributed by atoms with E-state index < -0.39 is 0 Å². The van der Waals surface area contributed by atoms with Gasteiger partial charge >= 0.3 is 0 Å². The minimum atomic E-state index is 0.102. The van der Waals surface area contributed by atoms with E-state index in [4.69, 9.17) is 11.6 Å². The number of aromatic nitrogens is 1. The van der Waals surface area contributed by atoms with Gasteiger partial charge in [-0.15, -0.1) is 23.1 Å². The van der Waals surface area contributed by atoms with Crippen LogP contribution in [0.5, 0.6) is 0 Å². The summed E-state index contributed by atoms with van der Waals surface area (Å²) in [5, 5.41) is 3.62. The molecule has 3 aromatic rings. The third-order valence-electron chi connectivity index (χ3n) is 3.74. The van der Waals surface area contributed by atoms with E-state index in [0.717, 1.165) is 32.3 Å². The zero-order valence-electron chi connectivity index (χ0n) is 12.5. The Hall–Kier alpha value is -1.88. The molecule has 5 heteroatoms. The molecule has 24 heavy (non-hydrogen) atoms. The summed E-state index contributed by atoms with van der Waals surface area (Å²) in [6.45, 7) is 0. The average Bonchev–Trinajstić information content (AvgIpc) is 3.07. The normalized spacial score (nSPS) is 15.5. The standard InChI is InChI=1S/C19H12ClNOS2/c20-14-7-5-12(6-8-14)19-21-15(11-24-19)9-13-10-23-17-4-2-1-3-16(17)18(13)22/h1-9,11H,10H2/b13-9+. The Kier molecular flexibility index (Phi) is 4.27. The molecule has 0 fully saturated rings. The topological polar surface area (TPSA) is 30.0 Å². The monoisotopic (exact) mass is 369 g/mol. The molecule has 1 aromatic heterocycles. The summed E-state index contributed by atoms with van der Waals surface area (Å²) in [6, 6.07) is 15.4. The van der Waals surface area contributed by atoms with Gasteiger partial charge in [0, 0.05) is 37.8 Å². The zero-order valence-corrected chi connectivity index (χ0v) is 14.9. The minimum absolute atomic E-state index is 0.102. The largest absolute Gasteiger partial charge is 0.289 e. The van der Waals surface area contributed by atoms with Crippen LogP contribution in [0.15, 0.2) is 64.4 Å². The van der Waals surface area contributed by atoms with Gasteiger partial charge in [0.25, 0.3) is 0 Å². The second kappa shape index (κ2) is 6.55. The molecule has 0 aliphatic carbocycles. The number of halogens is 1. The van der Waals surface area contributed by atoms with Gasteiger partial charge < -0.3 is 0 Å². The molecular formula is C19H12ClNOS2. The molecule has 0 amide bonds. The Balaban J connectivity index is 1.63. The maximum atomic E-state index is 12.6. The summed E-state index contributed by atoms with van der Waals surface area (Å²) < 4.78 is 0. The summed E-state index contributed by atoms with van der Waals surface area (Å²) in [4.78, 5) is 18.3. The fraction of sp³-hybridized carbons (Fsp3) is 0.0526. The Bertz CT molecular complexity index is 944. The number of carbonyl (C=O) groups is 1. The number of thioether (sulfide) groups is 1. The van der Waals surface area contributed by atoms with Crippen molar-refractivity contribution in [2.75, 3.05) is 5.75 Å². The summed E-state index contributed by atoms with van der Waals surface area (Å²) in [6.07, 6.45) is 1.90. The molecule has 0 bridgehead atoms. The Morgan fingerprint density at radius 3 is 2.71 bits per heavy atom. The van der Waals surface area contributed by atoms with Crippen LogP contribution >= 0.6 is 34.7 Å². The van der Waals surface area contributed by atoms with E-state index in [9.17, 15) is 4.79 Å². The van der Waals surface area contributed by atoms with Gasteiger partial charge in [0.15, 0.2) is 5.78 Å². The second-order valence-electron chi connectivity index (χ2n) is 5.37. The van der Waals surface area contributed by atoms with E-state index in [1.54, 1.807) is 23.1 Å². The van der Waals surface area contributed by atoms with Gasteiger partial charge in [-0.25, -0.2) is 4.98 Å². The SMILES string of the molecule is O=C1/C(=C/c2csc(-c3ccc(Cl)cc3)n2)CSc2ccccc21. The lowest BCUT2D eigenvalue weighted by Gasteiger charge is -2.16. The molecule has 0 radical (unpaired) electrons. The van der Waals surface area contributed by atoms with Crippen LogP contribution in [0, 0.1) is 0 Å². The molecular weight excluding hydrogens is 358 g/mol. The molecule has 2 aromatic carbocycles. The maximum absolute atomic E-state index is 12.6. The van der Waals surface area contributed by atoms with Crippen LogP contribution in [0.4, 0.5) is 0 Å². The molecule has 0 spiro atoms. The molecule has 2 heterocycles. The predicted molar refractivity (Wildman–Crippen MR) is 102 cm³/mol. The summed E-state index contributed by atoms with van der Waals surface area (Å²) >= 11 is 9.19. The van der Waals surface area contributed by atoms with Crippen LogP contribution in [-0.4, -0.2) is 16.5 Å². The molecule has 0 atom stereocenters.